The maximum Gasteiger partial charge on any atom is 0.234 e. The molecule has 2 N–H and O–H groups in total. The van der Waals surface area contributed by atoms with Gasteiger partial charge in [-0.15, -0.1) is 0 Å². The molecule has 1 aromatic rings. The summed E-state index contributed by atoms with van der Waals surface area (Å²) in [5.41, 5.74) is 2.13. The van der Waals surface area contributed by atoms with Crippen molar-refractivity contribution in [2.75, 3.05) is 13.6 Å². The molecular weight excluding hydrogens is 180 g/mol. The van der Waals surface area contributed by atoms with E-state index in [-0.39, 0.29) is 5.91 Å². The molecule has 0 saturated heterocycles. The Bertz CT molecular complexity index is 319. The Labute approximate surface area is 83.5 Å². The lowest BCUT2D eigenvalue weighted by atomic mass is 10.2. The normalized spacial score (nSPS) is 10.2. The molecule has 1 aromatic heterocycles. The third kappa shape index (κ3) is 2.56. The van der Waals surface area contributed by atoms with Crippen LogP contribution in [0.1, 0.15) is 11.3 Å². The average Bonchev–Trinajstić information content (AvgIpc) is 2.46. The van der Waals surface area contributed by atoms with E-state index in [4.69, 9.17) is 0 Å². The molecular formula is C9H16N4O. The zero-order valence-corrected chi connectivity index (χ0v) is 8.79. The number of hydrogen-bond acceptors (Lipinski definition) is 3. The standard InChI is InChI=1S/C9H16N4O/c1-7-8(5-12-13(7)3)4-11-9(14)6-10-2/h5,10H,4,6H2,1-3H3,(H,11,14). The van der Waals surface area contributed by atoms with Crippen LogP contribution in [-0.2, 0) is 18.4 Å². The molecule has 0 spiro atoms. The predicted molar refractivity (Wildman–Crippen MR) is 53.7 cm³/mol. The number of rotatable bonds is 4. The first kappa shape index (κ1) is 10.7. The highest BCUT2D eigenvalue weighted by atomic mass is 16.1. The first-order valence-electron chi connectivity index (χ1n) is 4.54. The van der Waals surface area contributed by atoms with Gasteiger partial charge in [0.2, 0.25) is 5.91 Å². The van der Waals surface area contributed by atoms with Crippen molar-refractivity contribution in [3.63, 3.8) is 0 Å². The second-order valence-electron chi connectivity index (χ2n) is 3.19. The van der Waals surface area contributed by atoms with Crippen molar-refractivity contribution in [3.8, 4) is 0 Å². The fourth-order valence-corrected chi connectivity index (χ4v) is 1.13. The molecule has 1 rings (SSSR count). The van der Waals surface area contributed by atoms with E-state index in [2.05, 4.69) is 15.7 Å². The third-order valence-electron chi connectivity index (χ3n) is 2.15. The molecule has 0 radical (unpaired) electrons. The van der Waals surface area contributed by atoms with Gasteiger partial charge in [0.25, 0.3) is 0 Å². The Hall–Kier alpha value is -1.36. The van der Waals surface area contributed by atoms with Crippen LogP contribution in [0, 0.1) is 6.92 Å². The molecule has 0 saturated carbocycles. The Morgan fingerprint density at radius 2 is 2.36 bits per heavy atom. The smallest absolute Gasteiger partial charge is 0.234 e. The Kier molecular flexibility index (Phi) is 3.64. The van der Waals surface area contributed by atoms with Crippen molar-refractivity contribution in [1.82, 2.24) is 20.4 Å². The number of aryl methyl sites for hydroxylation is 1. The molecule has 5 heteroatoms. The van der Waals surface area contributed by atoms with Gasteiger partial charge in [-0.05, 0) is 14.0 Å². The van der Waals surface area contributed by atoms with Crippen molar-refractivity contribution in [2.45, 2.75) is 13.5 Å². The SMILES string of the molecule is CNCC(=O)NCc1cnn(C)c1C. The molecule has 0 aliphatic heterocycles. The molecule has 0 unspecified atom stereocenters. The summed E-state index contributed by atoms with van der Waals surface area (Å²) >= 11 is 0. The van der Waals surface area contributed by atoms with E-state index < -0.39 is 0 Å². The maximum atomic E-state index is 11.1. The van der Waals surface area contributed by atoms with Gasteiger partial charge in [0.1, 0.15) is 0 Å². The Morgan fingerprint density at radius 3 is 2.86 bits per heavy atom. The second-order valence-corrected chi connectivity index (χ2v) is 3.19. The number of aromatic nitrogens is 2. The summed E-state index contributed by atoms with van der Waals surface area (Å²) in [5, 5.41) is 9.68. The van der Waals surface area contributed by atoms with E-state index >= 15 is 0 Å². The highest BCUT2D eigenvalue weighted by Gasteiger charge is 2.04. The maximum absolute atomic E-state index is 11.1. The van der Waals surface area contributed by atoms with Crippen molar-refractivity contribution in [1.29, 1.82) is 0 Å². The highest BCUT2D eigenvalue weighted by molar-refractivity contribution is 5.77. The van der Waals surface area contributed by atoms with Crippen LogP contribution in [0.5, 0.6) is 0 Å². The monoisotopic (exact) mass is 196 g/mol. The zero-order chi connectivity index (χ0) is 10.6. The van der Waals surface area contributed by atoms with Crippen molar-refractivity contribution in [3.05, 3.63) is 17.5 Å². The lowest BCUT2D eigenvalue weighted by Crippen LogP contribution is -2.31. The number of nitrogens with one attached hydrogen (secondary N) is 2. The van der Waals surface area contributed by atoms with Gasteiger partial charge in [-0.3, -0.25) is 9.48 Å². The first-order chi connectivity index (χ1) is 6.65. The minimum atomic E-state index is -0.00393. The summed E-state index contributed by atoms with van der Waals surface area (Å²) in [4.78, 5) is 11.1. The molecule has 0 aromatic carbocycles. The highest BCUT2D eigenvalue weighted by Crippen LogP contribution is 2.04. The van der Waals surface area contributed by atoms with Gasteiger partial charge < -0.3 is 10.6 Å². The summed E-state index contributed by atoms with van der Waals surface area (Å²) in [7, 11) is 3.63. The average molecular weight is 196 g/mol. The number of nitrogens with zero attached hydrogens (tertiary/aromatic N) is 2. The Balaban J connectivity index is 2.46. The van der Waals surface area contributed by atoms with Gasteiger partial charge >= 0.3 is 0 Å². The van der Waals surface area contributed by atoms with E-state index in [0.717, 1.165) is 11.3 Å². The van der Waals surface area contributed by atoms with Crippen molar-refractivity contribution >= 4 is 5.91 Å². The summed E-state index contributed by atoms with van der Waals surface area (Å²) in [6, 6.07) is 0. The van der Waals surface area contributed by atoms with Crippen LogP contribution in [0.15, 0.2) is 6.20 Å². The van der Waals surface area contributed by atoms with E-state index in [1.54, 1.807) is 17.9 Å². The molecule has 5 nitrogen and oxygen atoms in total. The van der Waals surface area contributed by atoms with E-state index in [1.807, 2.05) is 14.0 Å². The summed E-state index contributed by atoms with van der Waals surface area (Å²) in [5.74, 6) is -0.00393. The summed E-state index contributed by atoms with van der Waals surface area (Å²) in [6.07, 6.45) is 1.77. The summed E-state index contributed by atoms with van der Waals surface area (Å²) < 4.78 is 1.79. The number of amides is 1. The first-order valence-corrected chi connectivity index (χ1v) is 4.54. The van der Waals surface area contributed by atoms with Crippen LogP contribution in [-0.4, -0.2) is 29.3 Å². The third-order valence-corrected chi connectivity index (χ3v) is 2.15. The van der Waals surface area contributed by atoms with E-state index in [0.29, 0.717) is 13.1 Å². The number of carbonyl (C=O) groups is 1. The fraction of sp³-hybridized carbons (Fsp3) is 0.556. The number of likely N-dealkylation sites (N-methyl/N-ethyl adjacent to an activating group) is 1. The summed E-state index contributed by atoms with van der Waals surface area (Å²) in [6.45, 7) is 2.87. The van der Waals surface area contributed by atoms with Gasteiger partial charge in [0, 0.05) is 24.8 Å². The Morgan fingerprint density at radius 1 is 1.64 bits per heavy atom. The van der Waals surface area contributed by atoms with Gasteiger partial charge in [0.15, 0.2) is 0 Å². The van der Waals surface area contributed by atoms with E-state index in [9.17, 15) is 4.79 Å². The predicted octanol–water partition coefficient (Wildman–Crippen LogP) is -0.436. The van der Waals surface area contributed by atoms with Crippen LogP contribution in [0.4, 0.5) is 0 Å². The molecule has 0 fully saturated rings. The molecule has 0 atom stereocenters. The number of carbonyl (C=O) groups excluding carboxylic acids is 1. The molecule has 0 aliphatic rings. The molecule has 1 amide bonds. The fourth-order valence-electron chi connectivity index (χ4n) is 1.13. The van der Waals surface area contributed by atoms with Crippen LogP contribution in [0.25, 0.3) is 0 Å². The lowest BCUT2D eigenvalue weighted by molar-refractivity contribution is -0.120. The van der Waals surface area contributed by atoms with Crippen LogP contribution >= 0.6 is 0 Å². The van der Waals surface area contributed by atoms with Crippen LogP contribution in [0.3, 0.4) is 0 Å². The van der Waals surface area contributed by atoms with Gasteiger partial charge in [-0.2, -0.15) is 5.10 Å². The van der Waals surface area contributed by atoms with Crippen molar-refractivity contribution < 1.29 is 4.79 Å². The number of hydrogen-bond donors (Lipinski definition) is 2. The zero-order valence-electron chi connectivity index (χ0n) is 8.79. The van der Waals surface area contributed by atoms with E-state index in [1.165, 1.54) is 0 Å². The quantitative estimate of drug-likeness (QED) is 0.686. The van der Waals surface area contributed by atoms with Crippen molar-refractivity contribution in [2.24, 2.45) is 7.05 Å². The van der Waals surface area contributed by atoms with Crippen LogP contribution < -0.4 is 10.6 Å². The topological polar surface area (TPSA) is 59.0 Å². The van der Waals surface area contributed by atoms with Gasteiger partial charge in [0.05, 0.1) is 12.7 Å². The molecule has 0 aliphatic carbocycles. The minimum absolute atomic E-state index is 0.00393. The van der Waals surface area contributed by atoms with Gasteiger partial charge in [-0.1, -0.05) is 0 Å². The largest absolute Gasteiger partial charge is 0.351 e. The molecule has 0 bridgehead atoms. The lowest BCUT2D eigenvalue weighted by Gasteiger charge is -2.03. The minimum Gasteiger partial charge on any atom is -0.351 e. The van der Waals surface area contributed by atoms with Crippen LogP contribution in [0.2, 0.25) is 0 Å². The molecule has 14 heavy (non-hydrogen) atoms. The molecule has 1 heterocycles. The second kappa shape index (κ2) is 4.76. The molecule has 78 valence electrons. The van der Waals surface area contributed by atoms with Gasteiger partial charge in [-0.25, -0.2) is 0 Å².